The summed E-state index contributed by atoms with van der Waals surface area (Å²) in [5.41, 5.74) is 12.1. The van der Waals surface area contributed by atoms with Gasteiger partial charge in [-0.05, 0) is 83.3 Å². The number of aromatic nitrogens is 4. The minimum Gasteiger partial charge on any atom is -0.309 e. The fourth-order valence-electron chi connectivity index (χ4n) is 6.44. The highest BCUT2D eigenvalue weighted by molar-refractivity contribution is 6.14. The highest BCUT2D eigenvalue weighted by atomic mass is 15.0. The van der Waals surface area contributed by atoms with Gasteiger partial charge < -0.3 is 4.57 Å². The van der Waals surface area contributed by atoms with Gasteiger partial charge in [-0.1, -0.05) is 36.4 Å². The normalized spacial score (nSPS) is 12.8. The number of hydrogen-bond acceptors (Lipinski definition) is 2. The second-order valence-electron chi connectivity index (χ2n) is 9.94. The molecular weight excluding hydrogens is 452 g/mol. The molecule has 0 saturated heterocycles. The Morgan fingerprint density at radius 1 is 0.568 bits per heavy atom. The average Bonchev–Trinajstić information content (AvgIpc) is 3.66. The van der Waals surface area contributed by atoms with Crippen molar-refractivity contribution in [1.29, 1.82) is 0 Å². The number of fused-ring (bicyclic) bond motifs is 12. The first-order chi connectivity index (χ1) is 18.3. The number of hydrogen-bond donors (Lipinski definition) is 0. The monoisotopic (exact) mass is 472 g/mol. The van der Waals surface area contributed by atoms with Crippen molar-refractivity contribution in [3.05, 3.63) is 121 Å². The molecule has 4 heteroatoms. The smallest absolute Gasteiger partial charge is 0.145 e. The summed E-state index contributed by atoms with van der Waals surface area (Å²) in [6.45, 7) is 0. The third-order valence-electron chi connectivity index (χ3n) is 8.01. The average molecular weight is 473 g/mol. The van der Waals surface area contributed by atoms with Crippen molar-refractivity contribution in [3.63, 3.8) is 0 Å². The first-order valence-electron chi connectivity index (χ1n) is 12.6. The maximum Gasteiger partial charge on any atom is 0.145 e. The molecule has 1 aliphatic rings. The second kappa shape index (κ2) is 6.83. The van der Waals surface area contributed by atoms with Gasteiger partial charge in [0.05, 0.1) is 22.1 Å². The van der Waals surface area contributed by atoms with Crippen LogP contribution in [0.4, 0.5) is 0 Å². The van der Waals surface area contributed by atoms with E-state index in [0.29, 0.717) is 0 Å². The van der Waals surface area contributed by atoms with Crippen LogP contribution in [-0.4, -0.2) is 18.9 Å². The Hall–Kier alpha value is -4.96. The Morgan fingerprint density at radius 2 is 1.35 bits per heavy atom. The topological polar surface area (TPSA) is 35.1 Å². The van der Waals surface area contributed by atoms with Crippen LogP contribution in [0.1, 0.15) is 11.1 Å². The van der Waals surface area contributed by atoms with Crippen molar-refractivity contribution in [2.75, 3.05) is 0 Å². The van der Waals surface area contributed by atoms with E-state index in [9.17, 15) is 0 Å². The van der Waals surface area contributed by atoms with E-state index in [0.717, 1.165) is 33.9 Å². The van der Waals surface area contributed by atoms with Gasteiger partial charge in [0.1, 0.15) is 5.65 Å². The summed E-state index contributed by atoms with van der Waals surface area (Å²) in [6, 6.07) is 33.0. The van der Waals surface area contributed by atoms with E-state index in [1.165, 1.54) is 49.7 Å². The van der Waals surface area contributed by atoms with E-state index >= 15 is 0 Å². The van der Waals surface area contributed by atoms with Gasteiger partial charge in [0.25, 0.3) is 0 Å². The second-order valence-corrected chi connectivity index (χ2v) is 9.94. The van der Waals surface area contributed by atoms with Crippen LogP contribution in [0.2, 0.25) is 0 Å². The predicted molar refractivity (Wildman–Crippen MR) is 151 cm³/mol. The molecule has 8 aromatic rings. The molecule has 0 N–H and O–H groups in total. The Bertz CT molecular complexity index is 2220. The maximum absolute atomic E-state index is 4.80. The van der Waals surface area contributed by atoms with E-state index in [4.69, 9.17) is 9.97 Å². The van der Waals surface area contributed by atoms with Gasteiger partial charge in [0.15, 0.2) is 0 Å². The van der Waals surface area contributed by atoms with Gasteiger partial charge in [-0.2, -0.15) is 0 Å². The fraction of sp³-hybridized carbons (Fsp3) is 0.0303. The highest BCUT2D eigenvalue weighted by Gasteiger charge is 2.24. The minimum atomic E-state index is 0.925. The highest BCUT2D eigenvalue weighted by Crippen LogP contribution is 2.44. The fourth-order valence-corrected chi connectivity index (χ4v) is 6.44. The van der Waals surface area contributed by atoms with Gasteiger partial charge >= 0.3 is 0 Å². The predicted octanol–water partition coefficient (Wildman–Crippen LogP) is 7.70. The van der Waals surface area contributed by atoms with E-state index in [1.54, 1.807) is 0 Å². The van der Waals surface area contributed by atoms with Crippen LogP contribution < -0.4 is 0 Å². The molecule has 0 unspecified atom stereocenters. The summed E-state index contributed by atoms with van der Waals surface area (Å²) in [5, 5.41) is 4.91. The number of imidazole rings is 1. The van der Waals surface area contributed by atoms with Gasteiger partial charge in [-0.15, -0.1) is 0 Å². The first kappa shape index (κ1) is 19.3. The molecule has 0 amide bonds. The van der Waals surface area contributed by atoms with Crippen molar-refractivity contribution in [2.24, 2.45) is 0 Å². The van der Waals surface area contributed by atoms with Crippen molar-refractivity contribution < 1.29 is 0 Å². The molecule has 0 atom stereocenters. The molecule has 4 nitrogen and oxygen atoms in total. The Labute approximate surface area is 212 Å². The zero-order valence-corrected chi connectivity index (χ0v) is 19.9. The van der Waals surface area contributed by atoms with Crippen LogP contribution in [0.3, 0.4) is 0 Å². The van der Waals surface area contributed by atoms with Gasteiger partial charge in [-0.25, -0.2) is 4.98 Å². The quantitative estimate of drug-likeness (QED) is 0.229. The van der Waals surface area contributed by atoms with Gasteiger partial charge in [0, 0.05) is 45.8 Å². The van der Waals surface area contributed by atoms with E-state index in [2.05, 4.69) is 93.9 Å². The Kier molecular flexibility index (Phi) is 3.55. The van der Waals surface area contributed by atoms with Crippen molar-refractivity contribution in [3.8, 4) is 16.8 Å². The van der Waals surface area contributed by atoms with Crippen molar-refractivity contribution in [1.82, 2.24) is 18.9 Å². The molecule has 0 aliphatic heterocycles. The van der Waals surface area contributed by atoms with Gasteiger partial charge in [0.2, 0.25) is 0 Å². The lowest BCUT2D eigenvalue weighted by Gasteiger charge is -2.11. The molecule has 172 valence electrons. The molecule has 4 aromatic carbocycles. The van der Waals surface area contributed by atoms with E-state index in [-0.39, 0.29) is 0 Å². The molecule has 0 spiro atoms. The van der Waals surface area contributed by atoms with Crippen LogP contribution in [0, 0.1) is 0 Å². The molecule has 4 heterocycles. The third kappa shape index (κ3) is 2.47. The summed E-state index contributed by atoms with van der Waals surface area (Å²) >= 11 is 0. The van der Waals surface area contributed by atoms with Crippen LogP contribution in [0.15, 0.2) is 110 Å². The number of para-hydroxylation sites is 2. The molecule has 0 radical (unpaired) electrons. The lowest BCUT2D eigenvalue weighted by Crippen LogP contribution is -1.94. The minimum absolute atomic E-state index is 0.925. The third-order valence-corrected chi connectivity index (χ3v) is 8.01. The molecule has 37 heavy (non-hydrogen) atoms. The van der Waals surface area contributed by atoms with Crippen LogP contribution in [0.5, 0.6) is 0 Å². The summed E-state index contributed by atoms with van der Waals surface area (Å²) in [7, 11) is 0. The number of rotatable bonds is 1. The Morgan fingerprint density at radius 3 is 2.27 bits per heavy atom. The summed E-state index contributed by atoms with van der Waals surface area (Å²) in [5.74, 6) is 0. The maximum atomic E-state index is 4.80. The lowest BCUT2D eigenvalue weighted by atomic mass is 9.99. The Balaban J connectivity index is 1.39. The SMILES string of the molecule is c1ccc(-n2c3ccccc3c3cc4c(cc32)-c2cc3c(cc2C4)c2nccn2c2cccnc32)cc1. The van der Waals surface area contributed by atoms with Crippen molar-refractivity contribution >= 4 is 49.3 Å². The standard InChI is InChI=1S/C33H20N4/c1-2-7-22(8-3-1)37-29-10-5-4-9-23(29)26-16-20-15-21-17-28-27(18-24(21)25(20)19-31(26)37)32-30(11-6-12-34-32)36-14-13-35-33(28)36/h1-14,16-19H,15H2. The van der Waals surface area contributed by atoms with E-state index in [1.807, 2.05) is 24.7 Å². The number of pyridine rings is 2. The van der Waals surface area contributed by atoms with Crippen molar-refractivity contribution in [2.45, 2.75) is 6.42 Å². The number of benzene rings is 4. The molecule has 0 saturated carbocycles. The first-order valence-corrected chi connectivity index (χ1v) is 12.6. The summed E-state index contributed by atoms with van der Waals surface area (Å²) in [4.78, 5) is 9.52. The molecule has 1 aliphatic carbocycles. The van der Waals surface area contributed by atoms with Gasteiger partial charge in [-0.3, -0.25) is 9.38 Å². The summed E-state index contributed by atoms with van der Waals surface area (Å²) < 4.78 is 4.55. The molecule has 0 bridgehead atoms. The molecule has 0 fully saturated rings. The molecule has 4 aromatic heterocycles. The zero-order chi connectivity index (χ0) is 24.1. The number of nitrogens with zero attached hydrogens (tertiary/aromatic N) is 4. The van der Waals surface area contributed by atoms with Crippen LogP contribution in [-0.2, 0) is 6.42 Å². The van der Waals surface area contributed by atoms with E-state index < -0.39 is 0 Å². The zero-order valence-electron chi connectivity index (χ0n) is 19.9. The van der Waals surface area contributed by atoms with Crippen LogP contribution in [0.25, 0.3) is 66.1 Å². The molecular formula is C33H20N4. The van der Waals surface area contributed by atoms with Crippen LogP contribution >= 0.6 is 0 Å². The lowest BCUT2D eigenvalue weighted by molar-refractivity contribution is 1.18. The summed E-state index contributed by atoms with van der Waals surface area (Å²) in [6.07, 6.45) is 6.71. The largest absolute Gasteiger partial charge is 0.309 e. The molecule has 9 rings (SSSR count).